The second-order valence-corrected chi connectivity index (χ2v) is 21.9. The van der Waals surface area contributed by atoms with Crippen molar-refractivity contribution >= 4 is 12.1 Å². The maximum atomic E-state index is 14.5. The van der Waals surface area contributed by atoms with Gasteiger partial charge in [0.1, 0.15) is 30.5 Å². The first-order valence-electron chi connectivity index (χ1n) is 25.7. The van der Waals surface area contributed by atoms with Crippen molar-refractivity contribution in [3.8, 4) is 11.1 Å². The van der Waals surface area contributed by atoms with Gasteiger partial charge in [-0.3, -0.25) is 4.79 Å². The third kappa shape index (κ3) is 12.5. The number of cyclic esters (lactones) is 1. The second kappa shape index (κ2) is 23.5. The van der Waals surface area contributed by atoms with Crippen molar-refractivity contribution in [3.05, 3.63) is 59.7 Å². The summed E-state index contributed by atoms with van der Waals surface area (Å²) in [5.74, 6) is -3.94. The highest BCUT2D eigenvalue weighted by atomic mass is 16.7. The number of amides is 1. The molecule has 2 aromatic carbocycles. The predicted molar refractivity (Wildman–Crippen MR) is 266 cm³/mol. The van der Waals surface area contributed by atoms with E-state index in [1.54, 1.807) is 48.5 Å². The highest BCUT2D eigenvalue weighted by molar-refractivity contribution is 5.79. The number of methoxy groups -OCH3 is 1. The van der Waals surface area contributed by atoms with E-state index in [2.05, 4.69) is 34.9 Å². The first-order chi connectivity index (χ1) is 33.4. The van der Waals surface area contributed by atoms with Gasteiger partial charge in [-0.1, -0.05) is 76.2 Å². The van der Waals surface area contributed by atoms with Crippen LogP contribution in [0.2, 0.25) is 0 Å². The summed E-state index contributed by atoms with van der Waals surface area (Å²) in [4.78, 5) is 29.7. The second-order valence-electron chi connectivity index (χ2n) is 21.9. The summed E-state index contributed by atoms with van der Waals surface area (Å²) >= 11 is 0. The molecule has 71 heavy (non-hydrogen) atoms. The first kappa shape index (κ1) is 57.0. The summed E-state index contributed by atoms with van der Waals surface area (Å²) in [5, 5.41) is 66.7. The molecule has 17 heteroatoms. The van der Waals surface area contributed by atoms with Crippen molar-refractivity contribution in [1.82, 2.24) is 15.5 Å². The van der Waals surface area contributed by atoms with Crippen LogP contribution in [0.4, 0.5) is 4.79 Å². The standard InChI is InChI=1S/C54H85N3O14/c1-14-41-54(10,64)46(59)31(4)43(55-23-24-56-51(62)66-28-39-37-21-17-15-19-35(37)36-20-16-18-22-38(36)39)29(2)26-52(8,63)48(71-50-44(58)40(57(11)12)25-30(3)67-50)32(5)45(33(6)49(61)69-41)70-42-27-53(9,65-13)47(60)34(7)68-42/h15-22,29-34,39-48,50,55,58-60,63-64H,14,23-28H2,1-13H3,(H,56,62)/t29-,30?,31+,32+,33-,34?,40?,41-,42?,43+,44?,45+,46-,47?,48-,50?,52-,53?,54-/m1/s1. The molecule has 0 radical (unpaired) electrons. The number of nitrogens with zero attached hydrogens (tertiary/aromatic N) is 1. The molecule has 0 spiro atoms. The Morgan fingerprint density at radius 2 is 1.46 bits per heavy atom. The third-order valence-corrected chi connectivity index (χ3v) is 16.2. The summed E-state index contributed by atoms with van der Waals surface area (Å²) in [7, 11) is 5.24. The van der Waals surface area contributed by atoms with E-state index in [1.807, 2.05) is 57.1 Å². The van der Waals surface area contributed by atoms with E-state index < -0.39 is 114 Å². The molecule has 7 N–H and O–H groups in total. The zero-order chi connectivity index (χ0) is 52.3. The maximum absolute atomic E-state index is 14.5. The number of likely N-dealkylation sites (N-methyl/N-ethyl adjacent to an activating group) is 1. The number of hydrogen-bond donors (Lipinski definition) is 7. The molecule has 1 amide bonds. The lowest BCUT2D eigenvalue weighted by Gasteiger charge is -2.49. The van der Waals surface area contributed by atoms with Gasteiger partial charge in [0, 0.05) is 56.5 Å². The van der Waals surface area contributed by atoms with Gasteiger partial charge >= 0.3 is 12.1 Å². The number of hydrogen-bond acceptors (Lipinski definition) is 16. The Hall–Kier alpha value is -3.30. The molecule has 0 saturated carbocycles. The van der Waals surface area contributed by atoms with Gasteiger partial charge in [0.05, 0.1) is 47.6 Å². The fourth-order valence-electron chi connectivity index (χ4n) is 12.0. The summed E-state index contributed by atoms with van der Waals surface area (Å²) in [5.41, 5.74) is -0.321. The number of esters is 1. The molecule has 17 nitrogen and oxygen atoms in total. The van der Waals surface area contributed by atoms with Crippen molar-refractivity contribution in [2.24, 2.45) is 23.7 Å². The number of nitrogens with one attached hydrogen (secondary N) is 2. The molecule has 1 aliphatic carbocycles. The number of benzene rings is 2. The third-order valence-electron chi connectivity index (χ3n) is 16.2. The fraction of sp³-hybridized carbons (Fsp3) is 0.741. The summed E-state index contributed by atoms with van der Waals surface area (Å²) in [6, 6.07) is 15.3. The van der Waals surface area contributed by atoms with Gasteiger partial charge in [-0.05, 0) is 103 Å². The minimum atomic E-state index is -1.95. The van der Waals surface area contributed by atoms with E-state index in [0.717, 1.165) is 22.3 Å². The van der Waals surface area contributed by atoms with Gasteiger partial charge < -0.3 is 74.2 Å². The molecule has 2 aromatic rings. The zero-order valence-corrected chi connectivity index (χ0v) is 44.2. The van der Waals surface area contributed by atoms with E-state index in [0.29, 0.717) is 6.42 Å². The Kier molecular flexibility index (Phi) is 18.9. The highest BCUT2D eigenvalue weighted by Gasteiger charge is 2.54. The summed E-state index contributed by atoms with van der Waals surface area (Å²) in [6.45, 7) is 17.9. The Morgan fingerprint density at radius 3 is 2.06 bits per heavy atom. The van der Waals surface area contributed by atoms with E-state index in [4.69, 9.17) is 33.2 Å². The van der Waals surface area contributed by atoms with Crippen LogP contribution in [0.1, 0.15) is 112 Å². The number of carbonyl (C=O) groups is 2. The van der Waals surface area contributed by atoms with Crippen LogP contribution in [0.15, 0.2) is 48.5 Å². The number of aliphatic hydroxyl groups excluding tert-OH is 3. The molecule has 400 valence electrons. The van der Waals surface area contributed by atoms with Gasteiger partial charge in [-0.15, -0.1) is 0 Å². The van der Waals surface area contributed by atoms with Gasteiger partial charge in [-0.2, -0.15) is 0 Å². The highest BCUT2D eigenvalue weighted by Crippen LogP contribution is 2.45. The molecule has 4 aliphatic rings. The Bertz CT molecular complexity index is 2030. The SMILES string of the molecule is CC[C@H]1OC(=O)[C@H](C)[C@@H](OC2CC(C)(OC)C(O)C(C)O2)[C@H](C)[C@@H](OC2OC(C)CC(N(C)C)C2O)[C@](C)(O)C[C@@H](C)[C@H](NCCNC(=O)OCC2c3ccccc3-c3ccccc32)[C@H](C)[C@@H](O)[C@]1(C)O. The molecule has 3 heterocycles. The number of carbonyl (C=O) groups excluding carboxylic acids is 2. The predicted octanol–water partition coefficient (Wildman–Crippen LogP) is 4.71. The largest absolute Gasteiger partial charge is 0.459 e. The van der Waals surface area contributed by atoms with E-state index in [-0.39, 0.29) is 57.0 Å². The van der Waals surface area contributed by atoms with Crippen LogP contribution < -0.4 is 10.6 Å². The van der Waals surface area contributed by atoms with Crippen molar-refractivity contribution in [1.29, 1.82) is 0 Å². The van der Waals surface area contributed by atoms with Crippen molar-refractivity contribution in [3.63, 3.8) is 0 Å². The van der Waals surface area contributed by atoms with Gasteiger partial charge in [0.2, 0.25) is 0 Å². The number of ether oxygens (including phenoxy) is 7. The average molecular weight is 1000 g/mol. The van der Waals surface area contributed by atoms with Crippen molar-refractivity contribution in [2.75, 3.05) is 40.9 Å². The van der Waals surface area contributed by atoms with Crippen molar-refractivity contribution < 1.29 is 68.3 Å². The molecule has 3 aliphatic heterocycles. The Labute approximate surface area is 421 Å². The van der Waals surface area contributed by atoms with Crippen LogP contribution in [0.25, 0.3) is 11.1 Å². The van der Waals surface area contributed by atoms with Crippen LogP contribution in [0.3, 0.4) is 0 Å². The minimum absolute atomic E-state index is 0.0435. The molecule has 19 atom stereocenters. The minimum Gasteiger partial charge on any atom is -0.459 e. The molecule has 0 aromatic heterocycles. The monoisotopic (exact) mass is 1000 g/mol. The zero-order valence-electron chi connectivity index (χ0n) is 44.2. The van der Waals surface area contributed by atoms with E-state index in [9.17, 15) is 35.1 Å². The number of fused-ring (bicyclic) bond motifs is 3. The van der Waals surface area contributed by atoms with Crippen LogP contribution >= 0.6 is 0 Å². The topological polar surface area (TPSA) is 227 Å². The van der Waals surface area contributed by atoms with Crippen LogP contribution in [0, 0.1) is 23.7 Å². The Balaban J connectivity index is 1.29. The van der Waals surface area contributed by atoms with Gasteiger partial charge in [0.25, 0.3) is 0 Å². The molecule has 6 rings (SSSR count). The molecule has 8 unspecified atom stereocenters. The van der Waals surface area contributed by atoms with Crippen LogP contribution in [0.5, 0.6) is 0 Å². The fourth-order valence-corrected chi connectivity index (χ4v) is 12.0. The number of aliphatic hydroxyl groups is 5. The number of rotatable bonds is 13. The van der Waals surface area contributed by atoms with E-state index in [1.165, 1.54) is 14.0 Å². The summed E-state index contributed by atoms with van der Waals surface area (Å²) < 4.78 is 43.9. The van der Waals surface area contributed by atoms with E-state index >= 15 is 0 Å². The lowest BCUT2D eigenvalue weighted by Crippen LogP contribution is -2.62. The molecule has 3 fully saturated rings. The molecule has 0 bridgehead atoms. The normalized spacial score (nSPS) is 40.6. The molecular weight excluding hydrogens is 915 g/mol. The van der Waals surface area contributed by atoms with Crippen LogP contribution in [-0.2, 0) is 38.0 Å². The quantitative estimate of drug-likeness (QED) is 0.107. The Morgan fingerprint density at radius 1 is 0.845 bits per heavy atom. The molecular formula is C54H85N3O14. The summed E-state index contributed by atoms with van der Waals surface area (Å²) in [6.07, 6.45) is -10.0. The average Bonchev–Trinajstić information content (AvgIpc) is 3.65. The lowest BCUT2D eigenvalue weighted by atomic mass is 9.72. The number of alkyl carbamates (subject to hydrolysis) is 1. The maximum Gasteiger partial charge on any atom is 0.407 e. The van der Waals surface area contributed by atoms with Crippen molar-refractivity contribution in [2.45, 2.75) is 191 Å². The molecule has 3 saturated heterocycles. The first-order valence-corrected chi connectivity index (χ1v) is 25.7. The van der Waals surface area contributed by atoms with Gasteiger partial charge in [0.15, 0.2) is 12.6 Å². The smallest absolute Gasteiger partial charge is 0.407 e. The van der Waals surface area contributed by atoms with Crippen LogP contribution in [-0.4, -0.2) is 174 Å². The lowest BCUT2D eigenvalue weighted by molar-refractivity contribution is -0.318. The van der Waals surface area contributed by atoms with Gasteiger partial charge in [-0.25, -0.2) is 4.79 Å².